The van der Waals surface area contributed by atoms with E-state index in [0.717, 1.165) is 43.6 Å². The molecule has 2 aliphatic rings. The molecule has 0 aromatic heterocycles. The third kappa shape index (κ3) is 4.25. The minimum absolute atomic E-state index is 0.0991. The Morgan fingerprint density at radius 3 is 2.46 bits per heavy atom. The zero-order valence-electron chi connectivity index (χ0n) is 15.0. The van der Waals surface area contributed by atoms with Crippen LogP contribution in [0.15, 0.2) is 54.6 Å². The molecule has 0 bridgehead atoms. The molecular formula is C22H25NO3. The molecule has 1 heterocycles. The van der Waals surface area contributed by atoms with Crippen molar-refractivity contribution in [3.63, 3.8) is 0 Å². The lowest BCUT2D eigenvalue weighted by atomic mass is 10.1. The second kappa shape index (κ2) is 7.92. The fourth-order valence-electron chi connectivity index (χ4n) is 3.36. The van der Waals surface area contributed by atoms with Crippen LogP contribution in [0.2, 0.25) is 0 Å². The summed E-state index contributed by atoms with van der Waals surface area (Å²) in [5.41, 5.74) is 1.89. The number of benzene rings is 2. The van der Waals surface area contributed by atoms with E-state index in [1.165, 1.54) is 5.56 Å². The second-order valence-electron chi connectivity index (χ2n) is 7.12. The van der Waals surface area contributed by atoms with E-state index in [1.54, 1.807) is 0 Å². The van der Waals surface area contributed by atoms with Gasteiger partial charge in [-0.05, 0) is 55.5 Å². The molecule has 4 nitrogen and oxygen atoms in total. The van der Waals surface area contributed by atoms with Crippen molar-refractivity contribution in [2.45, 2.75) is 44.4 Å². The maximum Gasteiger partial charge on any atom is 0.254 e. The molecule has 2 aromatic carbocycles. The Bertz CT molecular complexity index is 719. The van der Waals surface area contributed by atoms with Crippen LogP contribution in [-0.4, -0.2) is 36.2 Å². The number of hydrogen-bond acceptors (Lipinski definition) is 3. The van der Waals surface area contributed by atoms with E-state index in [0.29, 0.717) is 19.2 Å². The molecule has 1 atom stereocenters. The standard InChI is InChI=1S/C22H25NO3/c24-22(23(19-10-11-19)15-17-5-2-1-3-6-17)18-8-12-20(13-9-18)26-16-21-7-4-14-25-21/h1-3,5-6,8-9,12-13,19,21H,4,7,10-11,14-16H2. The van der Waals surface area contributed by atoms with Gasteiger partial charge in [0.05, 0.1) is 6.10 Å². The van der Waals surface area contributed by atoms with Gasteiger partial charge in [0.2, 0.25) is 0 Å². The summed E-state index contributed by atoms with van der Waals surface area (Å²) in [7, 11) is 0. The minimum Gasteiger partial charge on any atom is -0.491 e. The number of ether oxygens (including phenoxy) is 2. The van der Waals surface area contributed by atoms with Gasteiger partial charge in [0.25, 0.3) is 5.91 Å². The molecule has 0 spiro atoms. The molecule has 1 saturated carbocycles. The van der Waals surface area contributed by atoms with Gasteiger partial charge in [-0.1, -0.05) is 30.3 Å². The average molecular weight is 351 g/mol. The second-order valence-corrected chi connectivity index (χ2v) is 7.12. The topological polar surface area (TPSA) is 38.8 Å². The molecule has 0 N–H and O–H groups in total. The molecule has 136 valence electrons. The Morgan fingerprint density at radius 2 is 1.81 bits per heavy atom. The fraction of sp³-hybridized carbons (Fsp3) is 0.409. The molecule has 1 aliphatic heterocycles. The summed E-state index contributed by atoms with van der Waals surface area (Å²) in [4.78, 5) is 15.0. The van der Waals surface area contributed by atoms with Crippen molar-refractivity contribution >= 4 is 5.91 Å². The van der Waals surface area contributed by atoms with Gasteiger partial charge in [0.1, 0.15) is 12.4 Å². The van der Waals surface area contributed by atoms with E-state index < -0.39 is 0 Å². The van der Waals surface area contributed by atoms with E-state index >= 15 is 0 Å². The number of rotatable bonds is 7. The number of carbonyl (C=O) groups is 1. The first-order chi connectivity index (χ1) is 12.8. The van der Waals surface area contributed by atoms with Crippen molar-refractivity contribution in [3.8, 4) is 5.75 Å². The third-order valence-electron chi connectivity index (χ3n) is 5.01. The van der Waals surface area contributed by atoms with Crippen LogP contribution in [-0.2, 0) is 11.3 Å². The minimum atomic E-state index is 0.0991. The van der Waals surface area contributed by atoms with Crippen molar-refractivity contribution in [2.75, 3.05) is 13.2 Å². The van der Waals surface area contributed by atoms with Crippen LogP contribution in [0, 0.1) is 0 Å². The highest BCUT2D eigenvalue weighted by atomic mass is 16.5. The Hall–Kier alpha value is -2.33. The lowest BCUT2D eigenvalue weighted by Gasteiger charge is -2.23. The largest absolute Gasteiger partial charge is 0.491 e. The number of carbonyl (C=O) groups excluding carboxylic acids is 1. The molecule has 1 unspecified atom stereocenters. The SMILES string of the molecule is O=C(c1ccc(OCC2CCCO2)cc1)N(Cc1ccccc1)C1CC1. The summed E-state index contributed by atoms with van der Waals surface area (Å²) < 4.78 is 11.4. The summed E-state index contributed by atoms with van der Waals surface area (Å²) >= 11 is 0. The van der Waals surface area contributed by atoms with Crippen molar-refractivity contribution < 1.29 is 14.3 Å². The van der Waals surface area contributed by atoms with E-state index in [9.17, 15) is 4.79 Å². The molecular weight excluding hydrogens is 326 g/mol. The number of hydrogen-bond donors (Lipinski definition) is 0. The van der Waals surface area contributed by atoms with Crippen molar-refractivity contribution in [3.05, 3.63) is 65.7 Å². The van der Waals surface area contributed by atoms with Gasteiger partial charge in [-0.3, -0.25) is 4.79 Å². The van der Waals surface area contributed by atoms with Gasteiger partial charge in [0.15, 0.2) is 0 Å². The monoisotopic (exact) mass is 351 g/mol. The Balaban J connectivity index is 1.39. The lowest BCUT2D eigenvalue weighted by Crippen LogP contribution is -2.32. The van der Waals surface area contributed by atoms with Gasteiger partial charge in [-0.25, -0.2) is 0 Å². The Morgan fingerprint density at radius 1 is 1.04 bits per heavy atom. The van der Waals surface area contributed by atoms with Crippen LogP contribution >= 0.6 is 0 Å². The van der Waals surface area contributed by atoms with Gasteiger partial charge < -0.3 is 14.4 Å². The molecule has 4 rings (SSSR count). The summed E-state index contributed by atoms with van der Waals surface area (Å²) in [6.45, 7) is 2.08. The predicted molar refractivity (Wildman–Crippen MR) is 100 cm³/mol. The number of amides is 1. The first-order valence-corrected chi connectivity index (χ1v) is 9.49. The average Bonchev–Trinajstić information content (AvgIpc) is 3.40. The van der Waals surface area contributed by atoms with Gasteiger partial charge in [-0.15, -0.1) is 0 Å². The van der Waals surface area contributed by atoms with E-state index in [4.69, 9.17) is 9.47 Å². The number of nitrogens with zero attached hydrogens (tertiary/aromatic N) is 1. The van der Waals surface area contributed by atoms with Crippen LogP contribution in [0.3, 0.4) is 0 Å². The molecule has 1 aliphatic carbocycles. The summed E-state index contributed by atoms with van der Waals surface area (Å²) in [5, 5.41) is 0. The summed E-state index contributed by atoms with van der Waals surface area (Å²) in [5.74, 6) is 0.889. The molecule has 4 heteroatoms. The quantitative estimate of drug-likeness (QED) is 0.755. The molecule has 26 heavy (non-hydrogen) atoms. The van der Waals surface area contributed by atoms with Gasteiger partial charge >= 0.3 is 0 Å². The van der Waals surface area contributed by atoms with Crippen molar-refractivity contribution in [2.24, 2.45) is 0 Å². The Kier molecular flexibility index (Phi) is 5.21. The van der Waals surface area contributed by atoms with Crippen LogP contribution < -0.4 is 4.74 Å². The lowest BCUT2D eigenvalue weighted by molar-refractivity contribution is 0.0678. The van der Waals surface area contributed by atoms with Crippen LogP contribution in [0.5, 0.6) is 5.75 Å². The van der Waals surface area contributed by atoms with Crippen LogP contribution in [0.4, 0.5) is 0 Å². The third-order valence-corrected chi connectivity index (χ3v) is 5.01. The zero-order valence-corrected chi connectivity index (χ0v) is 15.0. The van der Waals surface area contributed by atoms with Gasteiger partial charge in [-0.2, -0.15) is 0 Å². The maximum absolute atomic E-state index is 13.0. The first-order valence-electron chi connectivity index (χ1n) is 9.49. The van der Waals surface area contributed by atoms with E-state index in [-0.39, 0.29) is 12.0 Å². The first kappa shape index (κ1) is 17.1. The van der Waals surface area contributed by atoms with Crippen LogP contribution in [0.1, 0.15) is 41.6 Å². The fourth-order valence-corrected chi connectivity index (χ4v) is 3.36. The van der Waals surface area contributed by atoms with Crippen molar-refractivity contribution in [1.29, 1.82) is 0 Å². The van der Waals surface area contributed by atoms with Gasteiger partial charge in [0, 0.05) is 24.8 Å². The maximum atomic E-state index is 13.0. The highest BCUT2D eigenvalue weighted by Crippen LogP contribution is 2.30. The molecule has 2 fully saturated rings. The van der Waals surface area contributed by atoms with E-state index in [1.807, 2.05) is 47.4 Å². The molecule has 1 amide bonds. The highest BCUT2D eigenvalue weighted by molar-refractivity contribution is 5.94. The molecule has 1 saturated heterocycles. The van der Waals surface area contributed by atoms with Crippen LogP contribution in [0.25, 0.3) is 0 Å². The summed E-state index contributed by atoms with van der Waals surface area (Å²) in [6.07, 6.45) is 4.57. The highest BCUT2D eigenvalue weighted by Gasteiger charge is 2.33. The predicted octanol–water partition coefficient (Wildman–Crippen LogP) is 4.05. The molecule has 0 radical (unpaired) electrons. The van der Waals surface area contributed by atoms with Crippen molar-refractivity contribution in [1.82, 2.24) is 4.90 Å². The smallest absolute Gasteiger partial charge is 0.254 e. The zero-order chi connectivity index (χ0) is 17.8. The summed E-state index contributed by atoms with van der Waals surface area (Å²) in [6, 6.07) is 18.1. The Labute approximate surface area is 154 Å². The van der Waals surface area contributed by atoms with E-state index in [2.05, 4.69) is 12.1 Å². The molecule has 2 aromatic rings. The normalized spacial score (nSPS) is 19.3.